The van der Waals surface area contributed by atoms with Crippen LogP contribution in [0.4, 0.5) is 10.1 Å². The molecule has 1 heterocycles. The molecular weight excluding hydrogens is 303 g/mol. The van der Waals surface area contributed by atoms with Crippen molar-refractivity contribution in [3.63, 3.8) is 0 Å². The molecule has 3 nitrogen and oxygen atoms in total. The third kappa shape index (κ3) is 3.51. The normalized spacial score (nSPS) is 16.0. The molecule has 0 spiro atoms. The number of phenolic OH excluding ortho intramolecular Hbond substituents is 1. The fraction of sp³-hybridized carbons (Fsp3) is 0.294. The zero-order valence-corrected chi connectivity index (χ0v) is 12.9. The lowest BCUT2D eigenvalue weighted by atomic mass is 10.2. The van der Waals surface area contributed by atoms with E-state index in [1.165, 1.54) is 12.1 Å². The molecule has 1 aliphatic heterocycles. The summed E-state index contributed by atoms with van der Waals surface area (Å²) in [5, 5.41) is 9.83. The molecule has 1 fully saturated rings. The molecule has 1 saturated heterocycles. The zero-order valence-electron chi connectivity index (χ0n) is 12.2. The van der Waals surface area contributed by atoms with Gasteiger partial charge in [0, 0.05) is 43.4 Å². The van der Waals surface area contributed by atoms with E-state index in [2.05, 4.69) is 9.80 Å². The number of hydrogen-bond donors (Lipinski definition) is 1. The monoisotopic (exact) mass is 320 g/mol. The lowest BCUT2D eigenvalue weighted by Crippen LogP contribution is -2.46. The Balaban J connectivity index is 1.58. The number of anilines is 1. The average Bonchev–Trinajstić information content (AvgIpc) is 2.52. The van der Waals surface area contributed by atoms with Crippen LogP contribution in [0.1, 0.15) is 5.56 Å². The summed E-state index contributed by atoms with van der Waals surface area (Å²) >= 11 is 6.09. The summed E-state index contributed by atoms with van der Waals surface area (Å²) in [5.41, 5.74) is 2.08. The molecule has 5 heteroatoms. The molecule has 22 heavy (non-hydrogen) atoms. The quantitative estimate of drug-likeness (QED) is 0.937. The van der Waals surface area contributed by atoms with Gasteiger partial charge in [-0.1, -0.05) is 17.7 Å². The Morgan fingerprint density at radius 3 is 2.32 bits per heavy atom. The second-order valence-electron chi connectivity index (χ2n) is 5.52. The maximum absolute atomic E-state index is 13.1. The van der Waals surface area contributed by atoms with E-state index in [1.54, 1.807) is 18.2 Å². The molecule has 0 amide bonds. The van der Waals surface area contributed by atoms with Crippen molar-refractivity contribution in [2.24, 2.45) is 0 Å². The van der Waals surface area contributed by atoms with Crippen LogP contribution in [0.3, 0.4) is 0 Å². The molecule has 3 rings (SSSR count). The molecule has 0 radical (unpaired) electrons. The Morgan fingerprint density at radius 2 is 1.68 bits per heavy atom. The molecule has 2 aromatic carbocycles. The first kappa shape index (κ1) is 15.1. The van der Waals surface area contributed by atoms with Crippen LogP contribution in [0.15, 0.2) is 42.5 Å². The number of hydrogen-bond acceptors (Lipinski definition) is 3. The van der Waals surface area contributed by atoms with Crippen molar-refractivity contribution >= 4 is 17.3 Å². The number of phenols is 1. The minimum Gasteiger partial charge on any atom is -0.508 e. The lowest BCUT2D eigenvalue weighted by molar-refractivity contribution is 0.250. The van der Waals surface area contributed by atoms with Gasteiger partial charge in [0.2, 0.25) is 0 Å². The van der Waals surface area contributed by atoms with E-state index in [0.717, 1.165) is 44.0 Å². The third-order valence-corrected chi connectivity index (χ3v) is 4.35. The van der Waals surface area contributed by atoms with Crippen LogP contribution in [0.2, 0.25) is 5.02 Å². The minimum atomic E-state index is -0.300. The first-order chi connectivity index (χ1) is 10.6. The smallest absolute Gasteiger partial charge is 0.124 e. The molecule has 1 N–H and O–H groups in total. The van der Waals surface area contributed by atoms with Gasteiger partial charge in [-0.05, 0) is 42.0 Å². The Labute approximate surface area is 134 Å². The van der Waals surface area contributed by atoms with Gasteiger partial charge in [-0.3, -0.25) is 4.90 Å². The van der Waals surface area contributed by atoms with Crippen LogP contribution < -0.4 is 4.90 Å². The van der Waals surface area contributed by atoms with Gasteiger partial charge in [0.1, 0.15) is 11.6 Å². The summed E-state index contributed by atoms with van der Waals surface area (Å²) in [7, 11) is 0. The molecule has 116 valence electrons. The average molecular weight is 321 g/mol. The number of aromatic hydroxyl groups is 1. The van der Waals surface area contributed by atoms with Gasteiger partial charge in [-0.2, -0.15) is 0 Å². The van der Waals surface area contributed by atoms with E-state index >= 15 is 0 Å². The van der Waals surface area contributed by atoms with Crippen molar-refractivity contribution in [3.8, 4) is 5.75 Å². The fourth-order valence-corrected chi connectivity index (χ4v) is 2.95. The van der Waals surface area contributed by atoms with Crippen LogP contribution in [-0.2, 0) is 6.54 Å². The van der Waals surface area contributed by atoms with E-state index in [0.29, 0.717) is 5.02 Å². The zero-order chi connectivity index (χ0) is 15.5. The van der Waals surface area contributed by atoms with Crippen LogP contribution in [0.25, 0.3) is 0 Å². The van der Waals surface area contributed by atoms with Gasteiger partial charge >= 0.3 is 0 Å². The summed E-state index contributed by atoms with van der Waals surface area (Å²) in [6, 6.07) is 11.9. The summed E-state index contributed by atoms with van der Waals surface area (Å²) in [4.78, 5) is 4.61. The lowest BCUT2D eigenvalue weighted by Gasteiger charge is -2.36. The summed E-state index contributed by atoms with van der Waals surface area (Å²) < 4.78 is 13.1. The number of nitrogens with zero attached hydrogens (tertiary/aromatic N) is 2. The van der Waals surface area contributed by atoms with Crippen molar-refractivity contribution < 1.29 is 9.50 Å². The molecule has 0 aromatic heterocycles. The molecule has 0 atom stereocenters. The molecule has 0 aliphatic carbocycles. The SMILES string of the molecule is Oc1ccc(N2CCN(Cc3ccc(F)cc3Cl)CC2)cc1. The van der Waals surface area contributed by atoms with Crippen LogP contribution in [0.5, 0.6) is 5.75 Å². The van der Waals surface area contributed by atoms with Crippen molar-refractivity contribution in [2.45, 2.75) is 6.54 Å². The van der Waals surface area contributed by atoms with E-state index in [-0.39, 0.29) is 11.6 Å². The van der Waals surface area contributed by atoms with Gasteiger partial charge < -0.3 is 10.0 Å². The second kappa shape index (κ2) is 6.55. The minimum absolute atomic E-state index is 0.285. The Hall–Kier alpha value is -1.78. The van der Waals surface area contributed by atoms with Crippen molar-refractivity contribution in [3.05, 3.63) is 58.9 Å². The highest BCUT2D eigenvalue weighted by Gasteiger charge is 2.18. The number of benzene rings is 2. The third-order valence-electron chi connectivity index (χ3n) is 4.00. The van der Waals surface area contributed by atoms with E-state index in [9.17, 15) is 9.50 Å². The Morgan fingerprint density at radius 1 is 1.00 bits per heavy atom. The van der Waals surface area contributed by atoms with Crippen LogP contribution in [-0.4, -0.2) is 36.2 Å². The maximum atomic E-state index is 13.1. The van der Waals surface area contributed by atoms with Crippen molar-refractivity contribution in [1.29, 1.82) is 0 Å². The van der Waals surface area contributed by atoms with E-state index < -0.39 is 0 Å². The predicted molar refractivity (Wildman–Crippen MR) is 87.0 cm³/mol. The molecule has 0 bridgehead atoms. The standard InChI is InChI=1S/C17H18ClFN2O/c18-17-11-14(19)2-1-13(17)12-20-7-9-21(10-8-20)15-3-5-16(22)6-4-15/h1-6,11,22H,7-10,12H2. The topological polar surface area (TPSA) is 26.7 Å². The maximum Gasteiger partial charge on any atom is 0.124 e. The van der Waals surface area contributed by atoms with Crippen molar-refractivity contribution in [2.75, 3.05) is 31.1 Å². The first-order valence-corrected chi connectivity index (χ1v) is 7.70. The fourth-order valence-electron chi connectivity index (χ4n) is 2.72. The van der Waals surface area contributed by atoms with Crippen molar-refractivity contribution in [1.82, 2.24) is 4.90 Å². The Kier molecular flexibility index (Phi) is 4.50. The molecular formula is C17H18ClFN2O. The van der Waals surface area contributed by atoms with Gasteiger partial charge in [0.15, 0.2) is 0 Å². The van der Waals surface area contributed by atoms with E-state index in [4.69, 9.17) is 11.6 Å². The second-order valence-corrected chi connectivity index (χ2v) is 5.92. The molecule has 1 aliphatic rings. The highest BCUT2D eigenvalue weighted by atomic mass is 35.5. The number of rotatable bonds is 3. The van der Waals surface area contributed by atoms with Crippen LogP contribution >= 0.6 is 11.6 Å². The summed E-state index contributed by atoms with van der Waals surface area (Å²) in [5.74, 6) is -0.0146. The predicted octanol–water partition coefficient (Wildman–Crippen LogP) is 3.51. The highest BCUT2D eigenvalue weighted by Crippen LogP contribution is 2.22. The Bertz CT molecular complexity index is 640. The van der Waals surface area contributed by atoms with Gasteiger partial charge in [-0.15, -0.1) is 0 Å². The molecule has 0 saturated carbocycles. The van der Waals surface area contributed by atoms with Gasteiger partial charge in [0.25, 0.3) is 0 Å². The first-order valence-electron chi connectivity index (χ1n) is 7.32. The largest absolute Gasteiger partial charge is 0.508 e. The summed E-state index contributed by atoms with van der Waals surface area (Å²) in [6.45, 7) is 4.43. The van der Waals surface area contributed by atoms with E-state index in [1.807, 2.05) is 12.1 Å². The highest BCUT2D eigenvalue weighted by molar-refractivity contribution is 6.31. The van der Waals surface area contributed by atoms with Crippen LogP contribution in [0, 0.1) is 5.82 Å². The number of piperazine rings is 1. The summed E-state index contributed by atoms with van der Waals surface area (Å²) in [6.07, 6.45) is 0. The van der Waals surface area contributed by atoms with Gasteiger partial charge in [-0.25, -0.2) is 4.39 Å². The molecule has 0 unspecified atom stereocenters. The number of halogens is 2. The van der Waals surface area contributed by atoms with Gasteiger partial charge in [0.05, 0.1) is 0 Å². The molecule has 2 aromatic rings.